The molecular weight excluding hydrogens is 333 g/mol. The highest BCUT2D eigenvalue weighted by atomic mass is 19.1. The third-order valence-electron chi connectivity index (χ3n) is 4.46. The van der Waals surface area contributed by atoms with Gasteiger partial charge < -0.3 is 14.8 Å². The van der Waals surface area contributed by atoms with Crippen LogP contribution >= 0.6 is 0 Å². The van der Waals surface area contributed by atoms with Crippen molar-refractivity contribution in [2.45, 2.75) is 32.7 Å². The molecule has 1 N–H and O–H groups in total. The summed E-state index contributed by atoms with van der Waals surface area (Å²) in [6.45, 7) is 5.23. The lowest BCUT2D eigenvalue weighted by Gasteiger charge is -2.25. The number of carbonyl (C=O) groups excluding carboxylic acids is 1. The molecule has 0 aliphatic carbocycles. The lowest BCUT2D eigenvalue weighted by atomic mass is 9.95. The van der Waals surface area contributed by atoms with Crippen LogP contribution in [0.25, 0.3) is 0 Å². The SMILES string of the molecule is CC(C)[C@H](NC(=O)CCc1ccc(F)cc1)c1ccc2c(c1)OCCO2. The molecule has 138 valence electrons. The van der Waals surface area contributed by atoms with Gasteiger partial charge >= 0.3 is 0 Å². The van der Waals surface area contributed by atoms with Crippen LogP contribution in [-0.4, -0.2) is 19.1 Å². The van der Waals surface area contributed by atoms with Gasteiger partial charge in [0.05, 0.1) is 6.04 Å². The maximum atomic E-state index is 13.0. The number of halogens is 1. The summed E-state index contributed by atoms with van der Waals surface area (Å²) in [5, 5.41) is 3.11. The van der Waals surface area contributed by atoms with Crippen molar-refractivity contribution in [1.29, 1.82) is 0 Å². The van der Waals surface area contributed by atoms with Crippen molar-refractivity contribution >= 4 is 5.91 Å². The predicted octanol–water partition coefficient (Wildman–Crippen LogP) is 4.04. The smallest absolute Gasteiger partial charge is 0.220 e. The minimum atomic E-state index is -0.267. The molecule has 5 heteroatoms. The monoisotopic (exact) mass is 357 g/mol. The second-order valence-corrected chi connectivity index (χ2v) is 6.82. The molecule has 1 aliphatic rings. The van der Waals surface area contributed by atoms with Gasteiger partial charge in [-0.1, -0.05) is 32.0 Å². The molecule has 3 rings (SSSR count). The molecule has 0 saturated heterocycles. The summed E-state index contributed by atoms with van der Waals surface area (Å²) in [4.78, 5) is 12.4. The maximum Gasteiger partial charge on any atom is 0.220 e. The largest absolute Gasteiger partial charge is 0.486 e. The molecule has 0 bridgehead atoms. The molecule has 4 nitrogen and oxygen atoms in total. The summed E-state index contributed by atoms with van der Waals surface area (Å²) in [7, 11) is 0. The fourth-order valence-corrected chi connectivity index (χ4v) is 3.04. The number of benzene rings is 2. The van der Waals surface area contributed by atoms with E-state index >= 15 is 0 Å². The molecule has 1 amide bonds. The highest BCUT2D eigenvalue weighted by Gasteiger charge is 2.21. The first kappa shape index (κ1) is 18.2. The van der Waals surface area contributed by atoms with Gasteiger partial charge in [0, 0.05) is 6.42 Å². The van der Waals surface area contributed by atoms with Crippen LogP contribution in [0.2, 0.25) is 0 Å². The van der Waals surface area contributed by atoms with Gasteiger partial charge in [-0.15, -0.1) is 0 Å². The highest BCUT2D eigenvalue weighted by molar-refractivity contribution is 5.76. The zero-order valence-corrected chi connectivity index (χ0v) is 15.1. The molecule has 0 unspecified atom stereocenters. The standard InChI is InChI=1S/C21H24FNO3/c1-14(2)21(16-6-9-18-19(13-16)26-12-11-25-18)23-20(24)10-5-15-3-7-17(22)8-4-15/h3-4,6-9,13-14,21H,5,10-12H2,1-2H3,(H,23,24)/t21-/m0/s1. The molecule has 0 radical (unpaired) electrons. The van der Waals surface area contributed by atoms with Gasteiger partial charge in [-0.05, 0) is 47.7 Å². The molecule has 1 aliphatic heterocycles. The molecule has 0 saturated carbocycles. The number of aryl methyl sites for hydroxylation is 1. The summed E-state index contributed by atoms with van der Waals surface area (Å²) in [6.07, 6.45) is 0.942. The van der Waals surface area contributed by atoms with E-state index in [1.54, 1.807) is 12.1 Å². The Kier molecular flexibility index (Phi) is 5.76. The topological polar surface area (TPSA) is 47.6 Å². The zero-order chi connectivity index (χ0) is 18.5. The van der Waals surface area contributed by atoms with Gasteiger partial charge in [0.15, 0.2) is 11.5 Å². The number of carbonyl (C=O) groups is 1. The summed E-state index contributed by atoms with van der Waals surface area (Å²) in [5.74, 6) is 1.40. The van der Waals surface area contributed by atoms with Crippen LogP contribution in [0.5, 0.6) is 11.5 Å². The van der Waals surface area contributed by atoms with E-state index in [0.29, 0.717) is 26.1 Å². The second kappa shape index (κ2) is 8.21. The normalized spacial score (nSPS) is 14.2. The molecule has 26 heavy (non-hydrogen) atoms. The fourth-order valence-electron chi connectivity index (χ4n) is 3.04. The number of nitrogens with one attached hydrogen (secondary N) is 1. The summed E-state index contributed by atoms with van der Waals surface area (Å²) in [5.41, 5.74) is 1.95. The summed E-state index contributed by atoms with van der Waals surface area (Å²) < 4.78 is 24.2. The molecule has 0 aromatic heterocycles. The Morgan fingerprint density at radius 2 is 1.77 bits per heavy atom. The first-order valence-corrected chi connectivity index (χ1v) is 8.96. The Hall–Kier alpha value is -2.56. The molecule has 1 heterocycles. The molecule has 0 fully saturated rings. The van der Waals surface area contributed by atoms with Crippen LogP contribution in [0, 0.1) is 11.7 Å². The summed E-state index contributed by atoms with van der Waals surface area (Å²) in [6, 6.07) is 12.0. The Bertz CT molecular complexity index is 758. The first-order valence-electron chi connectivity index (χ1n) is 8.96. The fraction of sp³-hybridized carbons (Fsp3) is 0.381. The minimum Gasteiger partial charge on any atom is -0.486 e. The lowest BCUT2D eigenvalue weighted by Crippen LogP contribution is -2.32. The van der Waals surface area contributed by atoms with Crippen molar-refractivity contribution in [3.05, 3.63) is 59.4 Å². The lowest BCUT2D eigenvalue weighted by molar-refractivity contribution is -0.122. The Balaban J connectivity index is 1.64. The van der Waals surface area contributed by atoms with E-state index < -0.39 is 0 Å². The van der Waals surface area contributed by atoms with Crippen LogP contribution in [0.15, 0.2) is 42.5 Å². The molecule has 2 aromatic rings. The van der Waals surface area contributed by atoms with Crippen LogP contribution < -0.4 is 14.8 Å². The van der Waals surface area contributed by atoms with Gasteiger partial charge in [0.1, 0.15) is 19.0 Å². The highest BCUT2D eigenvalue weighted by Crippen LogP contribution is 2.34. The number of amides is 1. The number of hydrogen-bond acceptors (Lipinski definition) is 3. The van der Waals surface area contributed by atoms with Gasteiger partial charge in [-0.2, -0.15) is 0 Å². The van der Waals surface area contributed by atoms with Crippen LogP contribution in [0.1, 0.15) is 37.4 Å². The third kappa shape index (κ3) is 4.54. The van der Waals surface area contributed by atoms with Crippen molar-refractivity contribution in [3.8, 4) is 11.5 Å². The first-order chi connectivity index (χ1) is 12.5. The van der Waals surface area contributed by atoms with E-state index in [-0.39, 0.29) is 23.7 Å². The van der Waals surface area contributed by atoms with Crippen molar-refractivity contribution in [2.75, 3.05) is 13.2 Å². The van der Waals surface area contributed by atoms with Crippen molar-refractivity contribution in [1.82, 2.24) is 5.32 Å². The molecule has 1 atom stereocenters. The molecule has 2 aromatic carbocycles. The van der Waals surface area contributed by atoms with Crippen LogP contribution in [0.3, 0.4) is 0 Å². The van der Waals surface area contributed by atoms with E-state index in [0.717, 1.165) is 22.6 Å². The van der Waals surface area contributed by atoms with Crippen molar-refractivity contribution < 1.29 is 18.7 Å². The Morgan fingerprint density at radius 3 is 2.46 bits per heavy atom. The number of ether oxygens (including phenoxy) is 2. The number of fused-ring (bicyclic) bond motifs is 1. The van der Waals surface area contributed by atoms with E-state index in [2.05, 4.69) is 19.2 Å². The van der Waals surface area contributed by atoms with E-state index in [9.17, 15) is 9.18 Å². The predicted molar refractivity (Wildman–Crippen MR) is 97.9 cm³/mol. The Labute approximate surface area is 153 Å². The summed E-state index contributed by atoms with van der Waals surface area (Å²) >= 11 is 0. The van der Waals surface area contributed by atoms with Crippen molar-refractivity contribution in [2.24, 2.45) is 5.92 Å². The zero-order valence-electron chi connectivity index (χ0n) is 15.1. The molecule has 0 spiro atoms. The van der Waals surface area contributed by atoms with Gasteiger partial charge in [0.25, 0.3) is 0 Å². The van der Waals surface area contributed by atoms with Gasteiger partial charge in [-0.3, -0.25) is 4.79 Å². The molecular formula is C21H24FNO3. The van der Waals surface area contributed by atoms with Gasteiger partial charge in [-0.25, -0.2) is 4.39 Å². The quantitative estimate of drug-likeness (QED) is 0.849. The van der Waals surface area contributed by atoms with E-state index in [4.69, 9.17) is 9.47 Å². The number of rotatable bonds is 6. The minimum absolute atomic E-state index is 0.0251. The third-order valence-corrected chi connectivity index (χ3v) is 4.46. The average Bonchev–Trinajstić information content (AvgIpc) is 2.65. The van der Waals surface area contributed by atoms with E-state index in [1.165, 1.54) is 12.1 Å². The Morgan fingerprint density at radius 1 is 1.08 bits per heavy atom. The average molecular weight is 357 g/mol. The van der Waals surface area contributed by atoms with Crippen LogP contribution in [0.4, 0.5) is 4.39 Å². The van der Waals surface area contributed by atoms with E-state index in [1.807, 2.05) is 18.2 Å². The maximum absolute atomic E-state index is 13.0. The van der Waals surface area contributed by atoms with Crippen LogP contribution in [-0.2, 0) is 11.2 Å². The second-order valence-electron chi connectivity index (χ2n) is 6.82. The number of hydrogen-bond donors (Lipinski definition) is 1. The van der Waals surface area contributed by atoms with Crippen molar-refractivity contribution in [3.63, 3.8) is 0 Å². The van der Waals surface area contributed by atoms with Gasteiger partial charge in [0.2, 0.25) is 5.91 Å².